The number of aliphatic carboxylic acids is 1. The predicted octanol–water partition coefficient (Wildman–Crippen LogP) is -1.99. The first kappa shape index (κ1) is 12.9. The SMILES string of the molecule is COCC(N)C(=O)N1CC(O)C[C@H]1C(=O)O. The van der Waals surface area contributed by atoms with Crippen LogP contribution in [-0.4, -0.2) is 65.4 Å². The van der Waals surface area contributed by atoms with Crippen LogP contribution in [0.4, 0.5) is 0 Å². The highest BCUT2D eigenvalue weighted by Crippen LogP contribution is 2.18. The van der Waals surface area contributed by atoms with Gasteiger partial charge in [0.15, 0.2) is 0 Å². The van der Waals surface area contributed by atoms with Crippen LogP contribution in [0.2, 0.25) is 0 Å². The third kappa shape index (κ3) is 2.69. The Labute approximate surface area is 92.8 Å². The van der Waals surface area contributed by atoms with Crippen molar-refractivity contribution in [2.24, 2.45) is 5.73 Å². The Bertz CT molecular complexity index is 283. The second kappa shape index (κ2) is 5.24. The Balaban J connectivity index is 2.70. The predicted molar refractivity (Wildman–Crippen MR) is 53.6 cm³/mol. The fourth-order valence-electron chi connectivity index (χ4n) is 1.76. The summed E-state index contributed by atoms with van der Waals surface area (Å²) in [6, 6.07) is -1.89. The third-order valence-electron chi connectivity index (χ3n) is 2.51. The van der Waals surface area contributed by atoms with Crippen LogP contribution in [0.1, 0.15) is 6.42 Å². The number of carbonyl (C=O) groups is 2. The summed E-state index contributed by atoms with van der Waals surface area (Å²) < 4.78 is 4.72. The van der Waals surface area contributed by atoms with Gasteiger partial charge in [-0.2, -0.15) is 0 Å². The number of carbonyl (C=O) groups excluding carboxylic acids is 1. The van der Waals surface area contributed by atoms with Gasteiger partial charge in [0, 0.05) is 20.1 Å². The van der Waals surface area contributed by atoms with E-state index in [0.717, 1.165) is 4.90 Å². The van der Waals surface area contributed by atoms with E-state index < -0.39 is 30.1 Å². The van der Waals surface area contributed by atoms with Crippen LogP contribution in [-0.2, 0) is 14.3 Å². The summed E-state index contributed by atoms with van der Waals surface area (Å²) in [5, 5.41) is 18.2. The van der Waals surface area contributed by atoms with Crippen LogP contribution in [0.15, 0.2) is 0 Å². The molecule has 7 heteroatoms. The van der Waals surface area contributed by atoms with Gasteiger partial charge in [-0.1, -0.05) is 0 Å². The molecule has 1 rings (SSSR count). The van der Waals surface area contributed by atoms with Crippen LogP contribution in [0.25, 0.3) is 0 Å². The van der Waals surface area contributed by atoms with E-state index in [1.807, 2.05) is 0 Å². The van der Waals surface area contributed by atoms with Crippen molar-refractivity contribution in [3.8, 4) is 0 Å². The van der Waals surface area contributed by atoms with Gasteiger partial charge in [0.1, 0.15) is 12.1 Å². The summed E-state index contributed by atoms with van der Waals surface area (Å²) in [5.41, 5.74) is 5.52. The van der Waals surface area contributed by atoms with Crippen molar-refractivity contribution >= 4 is 11.9 Å². The molecule has 0 saturated carbocycles. The monoisotopic (exact) mass is 232 g/mol. The average molecular weight is 232 g/mol. The molecule has 0 aromatic rings. The molecule has 1 saturated heterocycles. The number of nitrogens with zero attached hydrogens (tertiary/aromatic N) is 1. The Morgan fingerprint density at radius 2 is 2.25 bits per heavy atom. The molecule has 0 aliphatic carbocycles. The van der Waals surface area contributed by atoms with E-state index >= 15 is 0 Å². The van der Waals surface area contributed by atoms with Crippen molar-refractivity contribution in [2.75, 3.05) is 20.3 Å². The molecule has 1 aliphatic heterocycles. The first-order valence-electron chi connectivity index (χ1n) is 4.93. The largest absolute Gasteiger partial charge is 0.480 e. The van der Waals surface area contributed by atoms with Gasteiger partial charge in [-0.15, -0.1) is 0 Å². The lowest BCUT2D eigenvalue weighted by Gasteiger charge is -2.24. The molecule has 16 heavy (non-hydrogen) atoms. The van der Waals surface area contributed by atoms with E-state index in [9.17, 15) is 14.7 Å². The zero-order valence-corrected chi connectivity index (χ0v) is 9.00. The molecule has 0 aromatic carbocycles. The lowest BCUT2D eigenvalue weighted by Crippen LogP contribution is -2.50. The number of nitrogens with two attached hydrogens (primary N) is 1. The fourth-order valence-corrected chi connectivity index (χ4v) is 1.76. The number of aliphatic hydroxyl groups excluding tert-OH is 1. The molecule has 92 valence electrons. The Morgan fingerprint density at radius 3 is 2.75 bits per heavy atom. The van der Waals surface area contributed by atoms with Gasteiger partial charge >= 0.3 is 5.97 Å². The van der Waals surface area contributed by atoms with Crippen molar-refractivity contribution < 1.29 is 24.5 Å². The third-order valence-corrected chi connectivity index (χ3v) is 2.51. The van der Waals surface area contributed by atoms with Crippen LogP contribution < -0.4 is 5.73 Å². The maximum atomic E-state index is 11.7. The van der Waals surface area contributed by atoms with Crippen molar-refractivity contribution in [3.63, 3.8) is 0 Å². The summed E-state index contributed by atoms with van der Waals surface area (Å²) >= 11 is 0. The molecule has 7 nitrogen and oxygen atoms in total. The average Bonchev–Trinajstić information content (AvgIpc) is 2.59. The zero-order valence-electron chi connectivity index (χ0n) is 9.00. The number of likely N-dealkylation sites (tertiary alicyclic amines) is 1. The molecular weight excluding hydrogens is 216 g/mol. The molecule has 2 unspecified atom stereocenters. The lowest BCUT2D eigenvalue weighted by atomic mass is 10.2. The van der Waals surface area contributed by atoms with E-state index in [-0.39, 0.29) is 19.6 Å². The number of rotatable bonds is 4. The van der Waals surface area contributed by atoms with E-state index in [4.69, 9.17) is 15.6 Å². The highest BCUT2D eigenvalue weighted by Gasteiger charge is 2.40. The number of hydrogen-bond acceptors (Lipinski definition) is 5. The summed E-state index contributed by atoms with van der Waals surface area (Å²) in [6.45, 7) is 0.0327. The molecule has 0 radical (unpaired) electrons. The number of amides is 1. The standard InChI is InChI=1S/C9H16N2O5/c1-16-4-6(10)8(13)11-3-5(12)2-7(11)9(14)15/h5-7,12H,2-4,10H2,1H3,(H,14,15)/t5?,6?,7-/m0/s1. The second-order valence-corrected chi connectivity index (χ2v) is 3.80. The molecule has 0 bridgehead atoms. The minimum atomic E-state index is -1.13. The maximum Gasteiger partial charge on any atom is 0.326 e. The molecular formula is C9H16N2O5. The molecule has 0 aromatic heterocycles. The number of carboxylic acid groups (broad SMARTS) is 1. The molecule has 4 N–H and O–H groups in total. The van der Waals surface area contributed by atoms with E-state index in [1.54, 1.807) is 0 Å². The summed E-state index contributed by atoms with van der Waals surface area (Å²) in [5.74, 6) is -1.64. The Kier molecular flexibility index (Phi) is 4.22. The van der Waals surface area contributed by atoms with Crippen molar-refractivity contribution in [1.82, 2.24) is 4.90 Å². The quantitative estimate of drug-likeness (QED) is 0.517. The highest BCUT2D eigenvalue weighted by molar-refractivity contribution is 5.87. The van der Waals surface area contributed by atoms with E-state index in [1.165, 1.54) is 7.11 Å². The molecule has 1 amide bonds. The number of methoxy groups -OCH3 is 1. The zero-order chi connectivity index (χ0) is 12.3. The van der Waals surface area contributed by atoms with Gasteiger partial charge in [0.05, 0.1) is 12.7 Å². The Hall–Kier alpha value is -1.18. The molecule has 1 heterocycles. The first-order chi connectivity index (χ1) is 7.47. The van der Waals surface area contributed by atoms with Gasteiger partial charge < -0.3 is 25.6 Å². The van der Waals surface area contributed by atoms with E-state index in [2.05, 4.69) is 0 Å². The number of ether oxygens (including phenoxy) is 1. The Morgan fingerprint density at radius 1 is 1.62 bits per heavy atom. The first-order valence-corrected chi connectivity index (χ1v) is 4.93. The molecule has 1 aliphatic rings. The minimum Gasteiger partial charge on any atom is -0.480 e. The normalized spacial score (nSPS) is 26.8. The maximum absolute atomic E-state index is 11.7. The minimum absolute atomic E-state index is 0.00716. The number of β-amino-alcohol motifs (C(OH)–C–C–N with tert-alkyl or cyclic N) is 1. The van der Waals surface area contributed by atoms with Crippen molar-refractivity contribution in [3.05, 3.63) is 0 Å². The molecule has 0 spiro atoms. The lowest BCUT2D eigenvalue weighted by molar-refractivity contribution is -0.149. The van der Waals surface area contributed by atoms with Gasteiger partial charge in [-0.05, 0) is 0 Å². The van der Waals surface area contributed by atoms with E-state index in [0.29, 0.717) is 0 Å². The van der Waals surface area contributed by atoms with Crippen LogP contribution >= 0.6 is 0 Å². The number of aliphatic hydroxyl groups is 1. The molecule has 3 atom stereocenters. The van der Waals surface area contributed by atoms with Crippen LogP contribution in [0.5, 0.6) is 0 Å². The number of hydrogen-bond donors (Lipinski definition) is 3. The van der Waals surface area contributed by atoms with Crippen LogP contribution in [0.3, 0.4) is 0 Å². The second-order valence-electron chi connectivity index (χ2n) is 3.80. The van der Waals surface area contributed by atoms with Gasteiger partial charge in [0.2, 0.25) is 5.91 Å². The molecule has 1 fully saturated rings. The van der Waals surface area contributed by atoms with Crippen molar-refractivity contribution in [2.45, 2.75) is 24.6 Å². The van der Waals surface area contributed by atoms with Gasteiger partial charge in [-0.25, -0.2) is 4.79 Å². The van der Waals surface area contributed by atoms with Crippen LogP contribution in [0, 0.1) is 0 Å². The summed E-state index contributed by atoms with van der Waals surface area (Å²) in [6.07, 6.45) is -0.763. The summed E-state index contributed by atoms with van der Waals surface area (Å²) in [4.78, 5) is 23.7. The topological polar surface area (TPSA) is 113 Å². The smallest absolute Gasteiger partial charge is 0.326 e. The van der Waals surface area contributed by atoms with Crippen molar-refractivity contribution in [1.29, 1.82) is 0 Å². The highest BCUT2D eigenvalue weighted by atomic mass is 16.5. The van der Waals surface area contributed by atoms with Gasteiger partial charge in [-0.3, -0.25) is 4.79 Å². The van der Waals surface area contributed by atoms with Gasteiger partial charge in [0.25, 0.3) is 0 Å². The fraction of sp³-hybridized carbons (Fsp3) is 0.778. The summed E-state index contributed by atoms with van der Waals surface area (Å²) in [7, 11) is 1.40. The number of carboxylic acids is 1.